The van der Waals surface area contributed by atoms with Gasteiger partial charge in [0, 0.05) is 6.42 Å². The predicted molar refractivity (Wildman–Crippen MR) is 75.0 cm³/mol. The van der Waals surface area contributed by atoms with Gasteiger partial charge >= 0.3 is 0 Å². The molecular weight excluding hydrogens is 258 g/mol. The molecule has 0 aliphatic rings. The molecule has 3 heteroatoms. The number of carbonyl (C=O) groups excluding carboxylic acids is 1. The van der Waals surface area contributed by atoms with Crippen molar-refractivity contribution in [3.63, 3.8) is 0 Å². The first kappa shape index (κ1) is 14.4. The van der Waals surface area contributed by atoms with E-state index in [9.17, 15) is 13.6 Å². The largest absolute Gasteiger partial charge is 0.294 e. The van der Waals surface area contributed by atoms with Gasteiger partial charge in [0.1, 0.15) is 11.6 Å². The van der Waals surface area contributed by atoms with Crippen LogP contribution in [0.1, 0.15) is 32.6 Å². The molecule has 2 aromatic carbocycles. The van der Waals surface area contributed by atoms with Crippen LogP contribution in [-0.2, 0) is 6.42 Å². The van der Waals surface area contributed by atoms with Crippen LogP contribution in [0.15, 0.2) is 30.3 Å². The van der Waals surface area contributed by atoms with Crippen molar-refractivity contribution < 1.29 is 13.6 Å². The summed E-state index contributed by atoms with van der Waals surface area (Å²) >= 11 is 0. The van der Waals surface area contributed by atoms with E-state index in [0.717, 1.165) is 22.8 Å². The second kappa shape index (κ2) is 5.53. The molecule has 2 rings (SSSR count). The van der Waals surface area contributed by atoms with E-state index in [2.05, 4.69) is 0 Å². The van der Waals surface area contributed by atoms with Crippen molar-refractivity contribution in [2.75, 3.05) is 0 Å². The fourth-order valence-corrected chi connectivity index (χ4v) is 2.29. The van der Waals surface area contributed by atoms with Gasteiger partial charge in [-0.2, -0.15) is 0 Å². The van der Waals surface area contributed by atoms with Crippen molar-refractivity contribution in [3.8, 4) is 0 Å². The van der Waals surface area contributed by atoms with Gasteiger partial charge in [-0.1, -0.05) is 24.3 Å². The third-order valence-electron chi connectivity index (χ3n) is 3.54. The number of carbonyl (C=O) groups is 1. The van der Waals surface area contributed by atoms with Crippen molar-refractivity contribution in [2.45, 2.75) is 27.2 Å². The van der Waals surface area contributed by atoms with E-state index in [4.69, 9.17) is 0 Å². The van der Waals surface area contributed by atoms with Gasteiger partial charge < -0.3 is 0 Å². The zero-order valence-corrected chi connectivity index (χ0v) is 11.8. The van der Waals surface area contributed by atoms with Crippen molar-refractivity contribution in [3.05, 3.63) is 69.8 Å². The van der Waals surface area contributed by atoms with Crippen LogP contribution >= 0.6 is 0 Å². The number of aryl methyl sites for hydroxylation is 3. The average molecular weight is 274 g/mol. The Hall–Kier alpha value is -2.03. The van der Waals surface area contributed by atoms with E-state index in [0.29, 0.717) is 0 Å². The molecule has 0 heterocycles. The number of hydrogen-bond acceptors (Lipinski definition) is 1. The standard InChI is InChI=1S/C17H16F2O/c1-10-5-4-6-11(2)13(10)9-15(20)16-14(18)8-7-12(3)17(16)19/h4-8H,9H2,1-3H3. The summed E-state index contributed by atoms with van der Waals surface area (Å²) in [5, 5.41) is 0. The maximum Gasteiger partial charge on any atom is 0.173 e. The van der Waals surface area contributed by atoms with Crippen molar-refractivity contribution in [1.29, 1.82) is 0 Å². The molecule has 0 fully saturated rings. The van der Waals surface area contributed by atoms with Crippen molar-refractivity contribution in [2.24, 2.45) is 0 Å². The summed E-state index contributed by atoms with van der Waals surface area (Å²) in [4.78, 5) is 12.2. The van der Waals surface area contributed by atoms with Gasteiger partial charge in [0.05, 0.1) is 5.56 Å². The second-order valence-electron chi connectivity index (χ2n) is 5.02. The first-order valence-electron chi connectivity index (χ1n) is 6.44. The fourth-order valence-electron chi connectivity index (χ4n) is 2.29. The SMILES string of the molecule is Cc1ccc(F)c(C(=O)Cc2c(C)cccc2C)c1F. The van der Waals surface area contributed by atoms with Gasteiger partial charge in [0.2, 0.25) is 0 Å². The predicted octanol–water partition coefficient (Wildman–Crippen LogP) is 4.32. The monoisotopic (exact) mass is 274 g/mol. The Morgan fingerprint density at radius 3 is 2.15 bits per heavy atom. The maximum absolute atomic E-state index is 14.0. The number of Topliss-reactive ketones (excluding diaryl/α,β-unsaturated/α-hetero) is 1. The Labute approximate surface area is 117 Å². The van der Waals surface area contributed by atoms with Crippen molar-refractivity contribution in [1.82, 2.24) is 0 Å². The first-order chi connectivity index (χ1) is 9.41. The molecule has 0 atom stereocenters. The van der Waals surface area contributed by atoms with Crippen LogP contribution in [0.4, 0.5) is 8.78 Å². The number of benzene rings is 2. The second-order valence-corrected chi connectivity index (χ2v) is 5.02. The lowest BCUT2D eigenvalue weighted by atomic mass is 9.94. The molecule has 20 heavy (non-hydrogen) atoms. The highest BCUT2D eigenvalue weighted by Gasteiger charge is 2.20. The summed E-state index contributed by atoms with van der Waals surface area (Å²) in [5.41, 5.74) is 2.57. The molecule has 2 aromatic rings. The molecular formula is C17H16F2O. The molecule has 0 unspecified atom stereocenters. The molecule has 0 spiro atoms. The molecule has 0 amide bonds. The minimum absolute atomic E-state index is 0.00972. The summed E-state index contributed by atoms with van der Waals surface area (Å²) in [6, 6.07) is 8.14. The van der Waals surface area contributed by atoms with Gasteiger partial charge in [-0.05, 0) is 49.1 Å². The van der Waals surface area contributed by atoms with Crippen LogP contribution in [0.3, 0.4) is 0 Å². The third-order valence-corrected chi connectivity index (χ3v) is 3.54. The molecule has 0 radical (unpaired) electrons. The molecule has 0 N–H and O–H groups in total. The minimum atomic E-state index is -0.802. The van der Waals surface area contributed by atoms with Crippen LogP contribution in [0, 0.1) is 32.4 Å². The lowest BCUT2D eigenvalue weighted by molar-refractivity contribution is 0.0984. The summed E-state index contributed by atoms with van der Waals surface area (Å²) in [7, 11) is 0. The first-order valence-corrected chi connectivity index (χ1v) is 6.44. The number of halogens is 2. The zero-order chi connectivity index (χ0) is 14.9. The number of rotatable bonds is 3. The summed E-state index contributed by atoms with van der Waals surface area (Å²) < 4.78 is 27.7. The lowest BCUT2D eigenvalue weighted by Gasteiger charge is -2.10. The fraction of sp³-hybridized carbons (Fsp3) is 0.235. The molecule has 104 valence electrons. The topological polar surface area (TPSA) is 17.1 Å². The van der Waals surface area contributed by atoms with E-state index in [1.807, 2.05) is 32.0 Å². The number of hydrogen-bond donors (Lipinski definition) is 0. The van der Waals surface area contributed by atoms with E-state index < -0.39 is 23.0 Å². The van der Waals surface area contributed by atoms with Crippen molar-refractivity contribution >= 4 is 5.78 Å². The van der Waals surface area contributed by atoms with E-state index >= 15 is 0 Å². The van der Waals surface area contributed by atoms with Crippen LogP contribution < -0.4 is 0 Å². The summed E-state index contributed by atoms with van der Waals surface area (Å²) in [6.07, 6.45) is 0.00972. The highest BCUT2D eigenvalue weighted by Crippen LogP contribution is 2.21. The van der Waals surface area contributed by atoms with Gasteiger partial charge in [-0.3, -0.25) is 4.79 Å². The quantitative estimate of drug-likeness (QED) is 0.762. The Kier molecular flexibility index (Phi) is 3.98. The Bertz CT molecular complexity index is 655. The van der Waals surface area contributed by atoms with Gasteiger partial charge in [-0.25, -0.2) is 8.78 Å². The zero-order valence-electron chi connectivity index (χ0n) is 11.8. The maximum atomic E-state index is 14.0. The van der Waals surface area contributed by atoms with E-state index in [1.165, 1.54) is 13.0 Å². The molecule has 1 nitrogen and oxygen atoms in total. The van der Waals surface area contributed by atoms with Crippen LogP contribution in [0.2, 0.25) is 0 Å². The van der Waals surface area contributed by atoms with Crippen LogP contribution in [-0.4, -0.2) is 5.78 Å². The normalized spacial score (nSPS) is 10.7. The molecule has 0 aliphatic carbocycles. The van der Waals surface area contributed by atoms with E-state index in [-0.39, 0.29) is 12.0 Å². The highest BCUT2D eigenvalue weighted by molar-refractivity contribution is 5.98. The molecule has 0 aliphatic heterocycles. The molecule has 0 saturated heterocycles. The number of ketones is 1. The molecule has 0 bridgehead atoms. The Morgan fingerprint density at radius 1 is 0.950 bits per heavy atom. The summed E-state index contributed by atoms with van der Waals surface area (Å²) in [6.45, 7) is 5.29. The Balaban J connectivity index is 2.41. The van der Waals surface area contributed by atoms with Gasteiger partial charge in [0.25, 0.3) is 0 Å². The molecule has 0 saturated carbocycles. The summed E-state index contributed by atoms with van der Waals surface area (Å²) in [5.74, 6) is -2.09. The molecule has 0 aromatic heterocycles. The van der Waals surface area contributed by atoms with Crippen LogP contribution in [0.5, 0.6) is 0 Å². The Morgan fingerprint density at radius 2 is 1.55 bits per heavy atom. The van der Waals surface area contributed by atoms with E-state index in [1.54, 1.807) is 0 Å². The van der Waals surface area contributed by atoms with Gasteiger partial charge in [0.15, 0.2) is 5.78 Å². The van der Waals surface area contributed by atoms with Crippen LogP contribution in [0.25, 0.3) is 0 Å². The third kappa shape index (κ3) is 2.62. The lowest BCUT2D eigenvalue weighted by Crippen LogP contribution is -2.12. The van der Waals surface area contributed by atoms with Gasteiger partial charge in [-0.15, -0.1) is 0 Å². The average Bonchev–Trinajstić information content (AvgIpc) is 2.39. The smallest absolute Gasteiger partial charge is 0.173 e. The minimum Gasteiger partial charge on any atom is -0.294 e. The highest BCUT2D eigenvalue weighted by atomic mass is 19.1.